The van der Waals surface area contributed by atoms with Gasteiger partial charge in [0.1, 0.15) is 0 Å². The minimum atomic E-state index is -1.80. The molecule has 3 aliphatic heterocycles. The van der Waals surface area contributed by atoms with E-state index in [1.54, 1.807) is 0 Å². The minimum Gasteiger partial charge on any atom is -0.539 e. The average molecular weight is 241 g/mol. The predicted octanol–water partition coefficient (Wildman–Crippen LogP) is -2.07. The van der Waals surface area contributed by atoms with Crippen LogP contribution in [-0.2, 0) is 14.0 Å². The normalized spacial score (nSPS) is 34.2. The van der Waals surface area contributed by atoms with Crippen molar-refractivity contribution < 1.29 is 32.8 Å². The summed E-state index contributed by atoms with van der Waals surface area (Å²) in [5.41, 5.74) is 2.90. The van der Waals surface area contributed by atoms with E-state index in [0.717, 1.165) is 16.9 Å². The van der Waals surface area contributed by atoms with Gasteiger partial charge >= 0.3 is 25.6 Å². The summed E-state index contributed by atoms with van der Waals surface area (Å²) in [5, 5.41) is 0. The van der Waals surface area contributed by atoms with Crippen molar-refractivity contribution in [3.63, 3.8) is 0 Å². The van der Waals surface area contributed by atoms with Crippen LogP contribution >= 0.6 is 0 Å². The third kappa shape index (κ3) is 2.26. The Morgan fingerprint density at radius 2 is 1.67 bits per heavy atom. The van der Waals surface area contributed by atoms with Gasteiger partial charge in [0.2, 0.25) is 0 Å². The molecule has 3 aliphatic rings. The third-order valence-corrected chi connectivity index (χ3v) is 3.43. The number of rotatable bonds is 1. The first-order valence-electron chi connectivity index (χ1n) is 6.02. The van der Waals surface area contributed by atoms with Crippen LogP contribution in [0.15, 0.2) is 12.1 Å². The maximum absolute atomic E-state index is 5.82. The summed E-state index contributed by atoms with van der Waals surface area (Å²) < 4.78 is 17.5. The molecular weight excluding hydrogens is 224 g/mol. The van der Waals surface area contributed by atoms with Crippen LogP contribution in [0.25, 0.3) is 0 Å². The smallest absolute Gasteiger partial charge is 0.539 e. The number of aromatic nitrogens is 1. The van der Waals surface area contributed by atoms with Gasteiger partial charge < -0.3 is 14.0 Å². The molecule has 2 bridgehead atoms. The molecule has 3 saturated heterocycles. The van der Waals surface area contributed by atoms with Crippen LogP contribution < -0.4 is 24.5 Å². The summed E-state index contributed by atoms with van der Waals surface area (Å²) in [6.45, 7) is 6.37. The van der Waals surface area contributed by atoms with Crippen LogP contribution in [0, 0.1) is 19.3 Å². The predicted molar refractivity (Wildman–Crippen MR) is 65.1 cm³/mol. The fraction of sp³-hybridized carbons (Fsp3) is 0.583. The van der Waals surface area contributed by atoms with E-state index in [1.807, 2.05) is 26.0 Å². The molecule has 92 valence electrons. The Bertz CT molecular complexity index is 424. The molecule has 1 aromatic rings. The van der Waals surface area contributed by atoms with Crippen LogP contribution in [0.3, 0.4) is 0 Å². The molecule has 0 radical (unpaired) electrons. The van der Waals surface area contributed by atoms with Gasteiger partial charge in [-0.05, 0) is 25.5 Å². The molecule has 18 heavy (non-hydrogen) atoms. The number of nitrogens with zero attached hydrogens (tertiary/aromatic N) is 1. The molecule has 3 fully saturated rings. The van der Waals surface area contributed by atoms with Gasteiger partial charge in [-0.15, -0.1) is 0 Å². The fourth-order valence-electron chi connectivity index (χ4n) is 2.51. The van der Waals surface area contributed by atoms with E-state index in [4.69, 9.17) is 14.0 Å². The van der Waals surface area contributed by atoms with E-state index < -0.39 is 6.75 Å². The molecule has 4 heterocycles. The van der Waals surface area contributed by atoms with Crippen LogP contribution in [0.4, 0.5) is 0 Å². The maximum Gasteiger partial charge on any atom is 1.00 e. The second-order valence-corrected chi connectivity index (χ2v) is 5.60. The number of fused-ring (bicyclic) bond motifs is 3. The van der Waals surface area contributed by atoms with Gasteiger partial charge in [-0.1, -0.05) is 18.6 Å². The van der Waals surface area contributed by atoms with Gasteiger partial charge in [-0.25, -0.2) is 0 Å². The van der Waals surface area contributed by atoms with Crippen LogP contribution in [0.5, 0.6) is 0 Å². The molecule has 0 aromatic carbocycles. The molecule has 4 nitrogen and oxygen atoms in total. The molecular formula is C12H17BLiNO3. The maximum atomic E-state index is 5.82. The summed E-state index contributed by atoms with van der Waals surface area (Å²) in [6.07, 6.45) is 0. The van der Waals surface area contributed by atoms with Crippen LogP contribution in [0.1, 0.15) is 18.2 Å². The van der Waals surface area contributed by atoms with E-state index in [1.165, 1.54) is 0 Å². The topological polar surface area (TPSA) is 40.6 Å². The zero-order valence-corrected chi connectivity index (χ0v) is 11.5. The van der Waals surface area contributed by atoms with Gasteiger partial charge in [-0.3, -0.25) is 4.98 Å². The fourth-order valence-corrected chi connectivity index (χ4v) is 2.51. The number of aryl methyl sites for hydroxylation is 2. The van der Waals surface area contributed by atoms with E-state index in [2.05, 4.69) is 11.9 Å². The standard InChI is InChI=1S/C12H17BNO3.Li/c1-9-4-10(2)14-11(5-9)13-15-6-12(3,7-16-13)8-17-13;/h4-5H,6-8H2,1-3H3;/q-1;+1. The van der Waals surface area contributed by atoms with Crippen molar-refractivity contribution in [1.82, 2.24) is 4.98 Å². The first-order valence-corrected chi connectivity index (χ1v) is 6.02. The Morgan fingerprint density at radius 3 is 2.17 bits per heavy atom. The second-order valence-electron chi connectivity index (χ2n) is 5.60. The van der Waals surface area contributed by atoms with E-state index in [0.29, 0.717) is 19.8 Å². The first kappa shape index (κ1) is 14.1. The zero-order valence-electron chi connectivity index (χ0n) is 11.5. The van der Waals surface area contributed by atoms with Crippen molar-refractivity contribution in [2.75, 3.05) is 19.8 Å². The van der Waals surface area contributed by atoms with Crippen molar-refractivity contribution >= 4 is 12.3 Å². The van der Waals surface area contributed by atoms with Crippen molar-refractivity contribution in [3.8, 4) is 0 Å². The van der Waals surface area contributed by atoms with Crippen molar-refractivity contribution in [3.05, 3.63) is 23.4 Å². The molecule has 6 heteroatoms. The van der Waals surface area contributed by atoms with Crippen LogP contribution in [0.2, 0.25) is 0 Å². The Labute approximate surface area is 120 Å². The van der Waals surface area contributed by atoms with Crippen molar-refractivity contribution in [1.29, 1.82) is 0 Å². The van der Waals surface area contributed by atoms with Crippen molar-refractivity contribution in [2.45, 2.75) is 20.8 Å². The SMILES string of the molecule is Cc1cc(C)nc([B-]23OCC(C)(CO2)CO3)c1.[Li+]. The van der Waals surface area contributed by atoms with Gasteiger partial charge in [0.05, 0.1) is 0 Å². The average Bonchev–Trinajstić information content (AvgIpc) is 2.29. The zero-order chi connectivity index (χ0) is 12.1. The Kier molecular flexibility index (Phi) is 3.65. The molecule has 0 saturated carbocycles. The van der Waals surface area contributed by atoms with E-state index in [-0.39, 0.29) is 24.3 Å². The van der Waals surface area contributed by atoms with Gasteiger partial charge in [0.15, 0.2) is 0 Å². The largest absolute Gasteiger partial charge is 1.00 e. The number of hydrogen-bond acceptors (Lipinski definition) is 4. The van der Waals surface area contributed by atoms with E-state index >= 15 is 0 Å². The third-order valence-electron chi connectivity index (χ3n) is 3.43. The molecule has 0 atom stereocenters. The summed E-state index contributed by atoms with van der Waals surface area (Å²) >= 11 is 0. The quantitative estimate of drug-likeness (QED) is 0.530. The Morgan fingerprint density at radius 1 is 1.11 bits per heavy atom. The number of hydrogen-bond donors (Lipinski definition) is 0. The van der Waals surface area contributed by atoms with Gasteiger partial charge in [-0.2, -0.15) is 0 Å². The molecule has 0 unspecified atom stereocenters. The van der Waals surface area contributed by atoms with E-state index in [9.17, 15) is 0 Å². The van der Waals surface area contributed by atoms with Crippen LogP contribution in [-0.4, -0.2) is 31.6 Å². The Balaban J connectivity index is 0.00000120. The molecule has 0 aliphatic carbocycles. The molecule has 1 aromatic heterocycles. The summed E-state index contributed by atoms with van der Waals surface area (Å²) in [7, 11) is 0. The molecule has 0 spiro atoms. The van der Waals surface area contributed by atoms with Gasteiger partial charge in [0.25, 0.3) is 0 Å². The van der Waals surface area contributed by atoms with Crippen molar-refractivity contribution in [2.24, 2.45) is 5.41 Å². The monoisotopic (exact) mass is 241 g/mol. The summed E-state index contributed by atoms with van der Waals surface area (Å²) in [4.78, 5) is 4.50. The minimum absolute atomic E-state index is 0. The molecule has 0 amide bonds. The van der Waals surface area contributed by atoms with Gasteiger partial charge in [0, 0.05) is 30.9 Å². The summed E-state index contributed by atoms with van der Waals surface area (Å²) in [6, 6.07) is 4.02. The first-order chi connectivity index (χ1) is 8.01. The summed E-state index contributed by atoms with van der Waals surface area (Å²) in [5.74, 6) is 0. The number of pyridine rings is 1. The molecule has 4 rings (SSSR count). The molecule has 0 N–H and O–H groups in total. The Hall–Kier alpha value is -0.308. The second kappa shape index (κ2) is 4.66.